The predicted molar refractivity (Wildman–Crippen MR) is 103 cm³/mol. The number of thioether (sulfide) groups is 1. The van der Waals surface area contributed by atoms with Gasteiger partial charge in [0.25, 0.3) is 5.69 Å². The fourth-order valence-corrected chi connectivity index (χ4v) is 3.30. The average Bonchev–Trinajstić information content (AvgIpc) is 2.96. The first kappa shape index (κ1) is 17.7. The number of nitrogens with two attached hydrogens (primary N) is 1. The van der Waals surface area contributed by atoms with E-state index < -0.39 is 0 Å². The third-order valence-electron chi connectivity index (χ3n) is 3.58. The van der Waals surface area contributed by atoms with Crippen LogP contribution in [0.5, 0.6) is 0 Å². The number of rotatable bonds is 6. The second kappa shape index (κ2) is 7.83. The second-order valence-electron chi connectivity index (χ2n) is 5.59. The van der Waals surface area contributed by atoms with Gasteiger partial charge in [0, 0.05) is 17.4 Å². The lowest BCUT2D eigenvalue weighted by atomic mass is 10.2. The fraction of sp³-hybridized carbons (Fsp3) is 0.111. The maximum absolute atomic E-state index is 11.4. The molecule has 0 aliphatic rings. The molecule has 0 amide bonds. The summed E-state index contributed by atoms with van der Waals surface area (Å²) in [6.45, 7) is 1.81. The number of nitro groups is 1. The van der Waals surface area contributed by atoms with Crippen molar-refractivity contribution in [2.24, 2.45) is 5.10 Å². The van der Waals surface area contributed by atoms with E-state index in [0.717, 1.165) is 11.3 Å². The lowest BCUT2D eigenvalue weighted by Crippen LogP contribution is -1.98. The molecule has 0 spiro atoms. The Morgan fingerprint density at radius 1 is 1.31 bits per heavy atom. The Labute approximate surface area is 154 Å². The normalized spacial score (nSPS) is 11.1. The number of hydrogen-bond acceptors (Lipinski definition) is 6. The number of imidazole rings is 1. The summed E-state index contributed by atoms with van der Waals surface area (Å²) in [7, 11) is 0. The summed E-state index contributed by atoms with van der Waals surface area (Å²) in [4.78, 5) is 15.7. The van der Waals surface area contributed by atoms with Gasteiger partial charge in [-0.15, -0.1) is 11.8 Å². The predicted octanol–water partition coefficient (Wildman–Crippen LogP) is 3.86. The average molecular weight is 367 g/mol. The molecule has 0 saturated carbocycles. The zero-order valence-electron chi connectivity index (χ0n) is 14.1. The minimum atomic E-state index is -0.375. The molecule has 0 unspecified atom stereocenters. The molecule has 2 aromatic carbocycles. The number of hydrogen-bond donors (Lipinski definition) is 1. The van der Waals surface area contributed by atoms with Crippen molar-refractivity contribution in [2.75, 3.05) is 5.73 Å². The molecule has 1 heterocycles. The maximum atomic E-state index is 11.4. The van der Waals surface area contributed by atoms with Gasteiger partial charge in [-0.3, -0.25) is 10.1 Å². The Balaban J connectivity index is 1.80. The fourth-order valence-electron chi connectivity index (χ4n) is 2.34. The molecule has 1 aromatic heterocycles. The van der Waals surface area contributed by atoms with Gasteiger partial charge < -0.3 is 5.73 Å². The molecule has 3 aromatic rings. The summed E-state index contributed by atoms with van der Waals surface area (Å²) in [5.74, 6) is 0.934. The minimum absolute atomic E-state index is 0.0599. The van der Waals surface area contributed by atoms with Crippen LogP contribution in [0.3, 0.4) is 0 Å². The third kappa shape index (κ3) is 4.28. The first-order valence-electron chi connectivity index (χ1n) is 7.84. The van der Waals surface area contributed by atoms with E-state index >= 15 is 0 Å². The van der Waals surface area contributed by atoms with Gasteiger partial charge in [-0.2, -0.15) is 5.10 Å². The van der Waals surface area contributed by atoms with Crippen molar-refractivity contribution in [2.45, 2.75) is 17.6 Å². The van der Waals surface area contributed by atoms with Crippen LogP contribution in [0.4, 0.5) is 11.6 Å². The zero-order chi connectivity index (χ0) is 18.5. The first-order chi connectivity index (χ1) is 12.5. The number of benzene rings is 2. The molecule has 2 N–H and O–H groups in total. The largest absolute Gasteiger partial charge is 0.368 e. The molecular formula is C18H17N5O2S. The van der Waals surface area contributed by atoms with Crippen LogP contribution in [0.25, 0.3) is 0 Å². The Kier molecular flexibility index (Phi) is 5.33. The SMILES string of the molecule is Cc1cn(N=Cc2ccc(SCc3ccccc3)c([N+](=O)[O-])c2)c(N)n1. The van der Waals surface area contributed by atoms with Crippen molar-refractivity contribution in [3.05, 3.63) is 81.7 Å². The summed E-state index contributed by atoms with van der Waals surface area (Å²) in [5, 5.41) is 15.6. The molecule has 132 valence electrons. The molecule has 3 rings (SSSR count). The Morgan fingerprint density at radius 2 is 2.08 bits per heavy atom. The molecule has 0 radical (unpaired) electrons. The van der Waals surface area contributed by atoms with E-state index in [2.05, 4.69) is 10.1 Å². The van der Waals surface area contributed by atoms with E-state index in [1.165, 1.54) is 28.7 Å². The lowest BCUT2D eigenvalue weighted by Gasteiger charge is -2.04. The summed E-state index contributed by atoms with van der Waals surface area (Å²) in [5.41, 5.74) is 8.27. The number of nitrogen functional groups attached to an aromatic ring is 1. The van der Waals surface area contributed by atoms with E-state index in [0.29, 0.717) is 16.2 Å². The van der Waals surface area contributed by atoms with Crippen molar-refractivity contribution in [1.29, 1.82) is 0 Å². The number of anilines is 1. The summed E-state index contributed by atoms with van der Waals surface area (Å²) in [6.07, 6.45) is 3.21. The molecule has 0 aliphatic heterocycles. The molecule has 26 heavy (non-hydrogen) atoms. The lowest BCUT2D eigenvalue weighted by molar-refractivity contribution is -0.387. The topological polar surface area (TPSA) is 99.3 Å². The Morgan fingerprint density at radius 3 is 2.73 bits per heavy atom. The second-order valence-corrected chi connectivity index (χ2v) is 6.61. The van der Waals surface area contributed by atoms with Crippen LogP contribution in [0, 0.1) is 17.0 Å². The zero-order valence-corrected chi connectivity index (χ0v) is 14.9. The van der Waals surface area contributed by atoms with Crippen LogP contribution in [0.2, 0.25) is 0 Å². The van der Waals surface area contributed by atoms with Gasteiger partial charge in [0.2, 0.25) is 5.95 Å². The van der Waals surface area contributed by atoms with Gasteiger partial charge in [-0.05, 0) is 18.6 Å². The number of nitro benzene ring substituents is 1. The van der Waals surface area contributed by atoms with Crippen LogP contribution in [-0.4, -0.2) is 20.8 Å². The van der Waals surface area contributed by atoms with Crippen molar-refractivity contribution >= 4 is 29.6 Å². The van der Waals surface area contributed by atoms with Crippen LogP contribution in [0.1, 0.15) is 16.8 Å². The monoisotopic (exact) mass is 367 g/mol. The molecule has 8 heteroatoms. The molecular weight excluding hydrogens is 350 g/mol. The van der Waals surface area contributed by atoms with E-state index in [1.54, 1.807) is 18.3 Å². The van der Waals surface area contributed by atoms with Gasteiger partial charge >= 0.3 is 0 Å². The number of aryl methyl sites for hydroxylation is 1. The van der Waals surface area contributed by atoms with Crippen LogP contribution < -0.4 is 5.73 Å². The van der Waals surface area contributed by atoms with Crippen LogP contribution in [0.15, 0.2) is 64.7 Å². The van der Waals surface area contributed by atoms with Crippen molar-refractivity contribution in [3.8, 4) is 0 Å². The van der Waals surface area contributed by atoms with Gasteiger partial charge in [0.05, 0.1) is 27.9 Å². The van der Waals surface area contributed by atoms with Gasteiger partial charge in [0.1, 0.15) is 0 Å². The molecule has 0 atom stereocenters. The quantitative estimate of drug-likeness (QED) is 0.309. The van der Waals surface area contributed by atoms with E-state index in [1.807, 2.05) is 37.3 Å². The number of nitrogens with zero attached hydrogens (tertiary/aromatic N) is 4. The molecule has 0 bridgehead atoms. The van der Waals surface area contributed by atoms with E-state index in [4.69, 9.17) is 5.73 Å². The van der Waals surface area contributed by atoms with Crippen molar-refractivity contribution in [3.63, 3.8) is 0 Å². The first-order valence-corrected chi connectivity index (χ1v) is 8.82. The highest BCUT2D eigenvalue weighted by Gasteiger charge is 2.15. The van der Waals surface area contributed by atoms with Gasteiger partial charge in [-0.25, -0.2) is 9.66 Å². The standard InChI is InChI=1S/C18H17N5O2S/c1-13-11-22(18(19)21-13)20-10-15-7-8-17(16(9-15)23(24)25)26-12-14-5-3-2-4-6-14/h2-11H,12H2,1H3,(H2,19,21). The number of aromatic nitrogens is 2. The molecule has 0 fully saturated rings. The molecule has 7 nitrogen and oxygen atoms in total. The minimum Gasteiger partial charge on any atom is -0.368 e. The Hall–Kier alpha value is -3.13. The smallest absolute Gasteiger partial charge is 0.283 e. The Bertz CT molecular complexity index is 953. The van der Waals surface area contributed by atoms with E-state index in [-0.39, 0.29) is 16.6 Å². The highest BCUT2D eigenvalue weighted by Crippen LogP contribution is 2.32. The van der Waals surface area contributed by atoms with Crippen LogP contribution >= 0.6 is 11.8 Å². The molecule has 0 saturated heterocycles. The third-order valence-corrected chi connectivity index (χ3v) is 4.72. The summed E-state index contributed by atoms with van der Waals surface area (Å²) >= 11 is 1.44. The van der Waals surface area contributed by atoms with E-state index in [9.17, 15) is 10.1 Å². The van der Waals surface area contributed by atoms with Gasteiger partial charge in [-0.1, -0.05) is 36.4 Å². The maximum Gasteiger partial charge on any atom is 0.283 e. The van der Waals surface area contributed by atoms with Gasteiger partial charge in [0.15, 0.2) is 0 Å². The highest BCUT2D eigenvalue weighted by molar-refractivity contribution is 7.98. The van der Waals surface area contributed by atoms with Crippen LogP contribution in [-0.2, 0) is 5.75 Å². The van der Waals surface area contributed by atoms with Crippen molar-refractivity contribution in [1.82, 2.24) is 9.66 Å². The highest BCUT2D eigenvalue weighted by atomic mass is 32.2. The summed E-state index contributed by atoms with van der Waals surface area (Å²) < 4.78 is 1.43. The summed E-state index contributed by atoms with van der Waals surface area (Å²) in [6, 6.07) is 14.9. The van der Waals surface area contributed by atoms with Crippen molar-refractivity contribution < 1.29 is 4.92 Å². The molecule has 0 aliphatic carbocycles.